The van der Waals surface area contributed by atoms with Crippen LogP contribution in [0.25, 0.3) is 0 Å². The fourth-order valence-electron chi connectivity index (χ4n) is 1.46. The van der Waals surface area contributed by atoms with Crippen LogP contribution in [0, 0.1) is 0 Å². The minimum Gasteiger partial charge on any atom is -0.428 e. The quantitative estimate of drug-likeness (QED) is 0.392. The zero-order valence-electron chi connectivity index (χ0n) is 12.0. The zero-order valence-corrected chi connectivity index (χ0v) is 12.0. The van der Waals surface area contributed by atoms with Gasteiger partial charge in [0.05, 0.1) is 0 Å². The van der Waals surface area contributed by atoms with Crippen LogP contribution in [0.1, 0.15) is 34.6 Å². The molecule has 0 saturated heterocycles. The molecule has 0 heterocycles. The molecule has 0 N–H and O–H groups in total. The Balaban J connectivity index is 5.53. The van der Waals surface area contributed by atoms with Gasteiger partial charge in [-0.1, -0.05) is 30.4 Å². The third kappa shape index (κ3) is 5.48. The molecule has 2 heteroatoms. The molecule has 0 radical (unpaired) electrons. The Morgan fingerprint density at radius 1 is 0.889 bits per heavy atom. The summed E-state index contributed by atoms with van der Waals surface area (Å²) >= 11 is 0. The van der Waals surface area contributed by atoms with Gasteiger partial charge in [-0.2, -0.15) is 0 Å². The topological polar surface area (TPSA) is 26.3 Å². The maximum Gasteiger partial charge on any atom is 0.298 e. The van der Waals surface area contributed by atoms with Crippen molar-refractivity contribution in [1.82, 2.24) is 0 Å². The minimum atomic E-state index is 0.434. The Kier molecular flexibility index (Phi) is 6.73. The molecule has 0 aliphatic carbocycles. The number of hydrogen-bond acceptors (Lipinski definition) is 2. The lowest BCUT2D eigenvalue weighted by Crippen LogP contribution is -1.97. The predicted molar refractivity (Wildman–Crippen MR) is 77.0 cm³/mol. The Labute approximate surface area is 110 Å². The maximum atomic E-state index is 10.5. The molecule has 18 heavy (non-hydrogen) atoms. The standard InChI is InChI=1S/C16H22O2/c1-11(2)8-13(5)14(6)15(7)16(18-10-17)9-12(3)4/h8-10H,1,3H2,2,4-7H3/b13-8-,15-14-,16-9+. The Morgan fingerprint density at radius 2 is 1.39 bits per heavy atom. The van der Waals surface area contributed by atoms with Crippen molar-refractivity contribution < 1.29 is 9.53 Å². The number of rotatable bonds is 6. The highest BCUT2D eigenvalue weighted by molar-refractivity contribution is 5.49. The van der Waals surface area contributed by atoms with E-state index >= 15 is 0 Å². The first-order valence-electron chi connectivity index (χ1n) is 5.79. The summed E-state index contributed by atoms with van der Waals surface area (Å²) in [5, 5.41) is 0. The second-order valence-corrected chi connectivity index (χ2v) is 4.49. The van der Waals surface area contributed by atoms with E-state index in [1.165, 1.54) is 0 Å². The SMILES string of the molecule is C=C(C)\C=C(C)/C(C)=C(C)\C(=C/C(=C)C)OC=O. The van der Waals surface area contributed by atoms with Crippen LogP contribution in [0.3, 0.4) is 0 Å². The summed E-state index contributed by atoms with van der Waals surface area (Å²) in [6, 6.07) is 0. The molecule has 0 aliphatic heterocycles. The molecule has 0 aromatic heterocycles. The van der Waals surface area contributed by atoms with Crippen molar-refractivity contribution in [1.29, 1.82) is 0 Å². The van der Waals surface area contributed by atoms with Crippen molar-refractivity contribution in [2.75, 3.05) is 0 Å². The first-order valence-corrected chi connectivity index (χ1v) is 5.79. The summed E-state index contributed by atoms with van der Waals surface area (Å²) in [6.45, 7) is 17.8. The minimum absolute atomic E-state index is 0.434. The van der Waals surface area contributed by atoms with E-state index in [1.807, 2.05) is 40.7 Å². The van der Waals surface area contributed by atoms with Gasteiger partial charge in [0.15, 0.2) is 0 Å². The van der Waals surface area contributed by atoms with Crippen LogP contribution in [-0.2, 0) is 9.53 Å². The fourth-order valence-corrected chi connectivity index (χ4v) is 1.46. The smallest absolute Gasteiger partial charge is 0.298 e. The lowest BCUT2D eigenvalue weighted by atomic mass is 10.00. The molecule has 0 fully saturated rings. The molecule has 98 valence electrons. The van der Waals surface area contributed by atoms with Crippen LogP contribution in [0.2, 0.25) is 0 Å². The Hall–Kier alpha value is -1.83. The van der Waals surface area contributed by atoms with Crippen LogP contribution >= 0.6 is 0 Å². The highest BCUT2D eigenvalue weighted by Gasteiger charge is 2.07. The van der Waals surface area contributed by atoms with E-state index in [9.17, 15) is 4.79 Å². The first kappa shape index (κ1) is 16.2. The van der Waals surface area contributed by atoms with Gasteiger partial charge < -0.3 is 4.74 Å². The van der Waals surface area contributed by atoms with E-state index in [-0.39, 0.29) is 0 Å². The summed E-state index contributed by atoms with van der Waals surface area (Å²) < 4.78 is 5.00. The molecule has 0 unspecified atom stereocenters. The lowest BCUT2D eigenvalue weighted by molar-refractivity contribution is -0.124. The van der Waals surface area contributed by atoms with Gasteiger partial charge in [0.25, 0.3) is 6.47 Å². The van der Waals surface area contributed by atoms with Crippen molar-refractivity contribution in [3.05, 3.63) is 58.9 Å². The molecule has 0 atom stereocenters. The lowest BCUT2D eigenvalue weighted by Gasteiger charge is -2.11. The van der Waals surface area contributed by atoms with Gasteiger partial charge in [-0.3, -0.25) is 4.79 Å². The van der Waals surface area contributed by atoms with E-state index in [1.54, 1.807) is 6.08 Å². The number of ether oxygens (including phenoxy) is 1. The van der Waals surface area contributed by atoms with Crippen LogP contribution < -0.4 is 0 Å². The summed E-state index contributed by atoms with van der Waals surface area (Å²) in [7, 11) is 0. The average molecular weight is 246 g/mol. The summed E-state index contributed by atoms with van der Waals surface area (Å²) in [5.74, 6) is 0.532. The fraction of sp³-hybridized carbons (Fsp3) is 0.312. The molecule has 0 bridgehead atoms. The van der Waals surface area contributed by atoms with Crippen LogP contribution in [0.15, 0.2) is 58.9 Å². The number of allylic oxidation sites excluding steroid dienone is 7. The Bertz CT molecular complexity index is 446. The third-order valence-corrected chi connectivity index (χ3v) is 2.54. The number of hydrogen-bond donors (Lipinski definition) is 0. The molecule has 0 aromatic carbocycles. The first-order chi connectivity index (χ1) is 8.29. The van der Waals surface area contributed by atoms with Crippen molar-refractivity contribution in [2.24, 2.45) is 0 Å². The molecule has 2 nitrogen and oxygen atoms in total. The van der Waals surface area contributed by atoms with E-state index in [0.29, 0.717) is 12.2 Å². The predicted octanol–water partition coefficient (Wildman–Crippen LogP) is 4.48. The van der Waals surface area contributed by atoms with Gasteiger partial charge in [-0.15, -0.1) is 0 Å². The normalized spacial score (nSPS) is 13.8. The van der Waals surface area contributed by atoms with Gasteiger partial charge in [0, 0.05) is 0 Å². The van der Waals surface area contributed by atoms with Crippen LogP contribution in [0.5, 0.6) is 0 Å². The molecule has 0 saturated carbocycles. The van der Waals surface area contributed by atoms with E-state index in [2.05, 4.69) is 13.2 Å². The molecule has 0 aliphatic rings. The van der Waals surface area contributed by atoms with Crippen LogP contribution in [0.4, 0.5) is 0 Å². The molecule has 0 spiro atoms. The van der Waals surface area contributed by atoms with Gasteiger partial charge in [0.2, 0.25) is 0 Å². The van der Waals surface area contributed by atoms with E-state index in [4.69, 9.17) is 4.74 Å². The zero-order chi connectivity index (χ0) is 14.3. The van der Waals surface area contributed by atoms with Gasteiger partial charge in [-0.25, -0.2) is 0 Å². The highest BCUT2D eigenvalue weighted by atomic mass is 16.5. The monoisotopic (exact) mass is 246 g/mol. The van der Waals surface area contributed by atoms with Crippen molar-refractivity contribution in [3.8, 4) is 0 Å². The van der Waals surface area contributed by atoms with Gasteiger partial charge in [-0.05, 0) is 57.4 Å². The van der Waals surface area contributed by atoms with Crippen molar-refractivity contribution in [3.63, 3.8) is 0 Å². The second kappa shape index (κ2) is 7.49. The molecule has 0 aromatic rings. The average Bonchev–Trinajstić information content (AvgIpc) is 2.25. The summed E-state index contributed by atoms with van der Waals surface area (Å²) in [6.07, 6.45) is 3.75. The summed E-state index contributed by atoms with van der Waals surface area (Å²) in [4.78, 5) is 10.5. The number of carbonyl (C=O) groups is 1. The third-order valence-electron chi connectivity index (χ3n) is 2.54. The van der Waals surface area contributed by atoms with E-state index in [0.717, 1.165) is 27.9 Å². The van der Waals surface area contributed by atoms with Gasteiger partial charge in [0.1, 0.15) is 5.76 Å². The molecular weight excluding hydrogens is 224 g/mol. The molecule has 0 amide bonds. The van der Waals surface area contributed by atoms with E-state index < -0.39 is 0 Å². The largest absolute Gasteiger partial charge is 0.428 e. The highest BCUT2D eigenvalue weighted by Crippen LogP contribution is 2.22. The van der Waals surface area contributed by atoms with Crippen molar-refractivity contribution >= 4 is 6.47 Å². The Morgan fingerprint density at radius 3 is 1.78 bits per heavy atom. The second-order valence-electron chi connectivity index (χ2n) is 4.49. The van der Waals surface area contributed by atoms with Gasteiger partial charge >= 0.3 is 0 Å². The molecular formula is C16H22O2. The van der Waals surface area contributed by atoms with Crippen molar-refractivity contribution in [2.45, 2.75) is 34.6 Å². The van der Waals surface area contributed by atoms with Crippen LogP contribution in [-0.4, -0.2) is 6.47 Å². The summed E-state index contributed by atoms with van der Waals surface area (Å²) in [5.41, 5.74) is 4.90. The maximum absolute atomic E-state index is 10.5. The molecule has 0 rings (SSSR count). The number of carbonyl (C=O) groups excluding carboxylic acids is 1.